The van der Waals surface area contributed by atoms with Crippen LogP contribution in [0.3, 0.4) is 0 Å². The fraction of sp³-hybridized carbons (Fsp3) is 0.200. The van der Waals surface area contributed by atoms with Gasteiger partial charge in [0.05, 0.1) is 30.4 Å². The van der Waals surface area contributed by atoms with Gasteiger partial charge in [0.15, 0.2) is 0 Å². The molecule has 1 rings (SSSR count). The molecule has 1 aromatic rings. The van der Waals surface area contributed by atoms with Crippen LogP contribution >= 0.6 is 11.6 Å². The van der Waals surface area contributed by atoms with Crippen molar-refractivity contribution in [2.24, 2.45) is 0 Å². The van der Waals surface area contributed by atoms with Gasteiger partial charge in [-0.25, -0.2) is 4.79 Å². The Morgan fingerprint density at radius 2 is 2.13 bits per heavy atom. The van der Waals surface area contributed by atoms with Crippen molar-refractivity contribution in [2.75, 3.05) is 14.2 Å². The van der Waals surface area contributed by atoms with E-state index in [0.29, 0.717) is 5.75 Å². The molecule has 1 aromatic carbocycles. The molecule has 0 amide bonds. The van der Waals surface area contributed by atoms with Crippen LogP contribution in [0.25, 0.3) is 0 Å². The van der Waals surface area contributed by atoms with E-state index in [1.54, 1.807) is 0 Å². The third-order valence-electron chi connectivity index (χ3n) is 1.84. The molecule has 0 aliphatic rings. The second-order valence-electron chi connectivity index (χ2n) is 2.61. The van der Waals surface area contributed by atoms with Crippen molar-refractivity contribution in [3.63, 3.8) is 0 Å². The fourth-order valence-corrected chi connectivity index (χ4v) is 1.43. The van der Waals surface area contributed by atoms with E-state index in [-0.39, 0.29) is 16.1 Å². The first-order valence-corrected chi connectivity index (χ1v) is 4.38. The van der Waals surface area contributed by atoms with E-state index in [1.807, 2.05) is 6.07 Å². The van der Waals surface area contributed by atoms with Crippen LogP contribution in [-0.4, -0.2) is 20.2 Å². The van der Waals surface area contributed by atoms with Crippen molar-refractivity contribution in [2.45, 2.75) is 0 Å². The van der Waals surface area contributed by atoms with Crippen molar-refractivity contribution in [1.82, 2.24) is 0 Å². The number of esters is 1. The van der Waals surface area contributed by atoms with E-state index in [9.17, 15) is 4.79 Å². The summed E-state index contributed by atoms with van der Waals surface area (Å²) in [6, 6.07) is 4.84. The lowest BCUT2D eigenvalue weighted by Gasteiger charge is -2.08. The topological polar surface area (TPSA) is 59.3 Å². The average molecular weight is 226 g/mol. The van der Waals surface area contributed by atoms with E-state index < -0.39 is 5.97 Å². The lowest BCUT2D eigenvalue weighted by Crippen LogP contribution is -2.06. The summed E-state index contributed by atoms with van der Waals surface area (Å²) in [5.74, 6) is -0.327. The summed E-state index contributed by atoms with van der Waals surface area (Å²) in [6.45, 7) is 0. The molecule has 0 saturated heterocycles. The molecular weight excluding hydrogens is 218 g/mol. The van der Waals surface area contributed by atoms with Gasteiger partial charge in [0.25, 0.3) is 0 Å². The smallest absolute Gasteiger partial charge is 0.340 e. The zero-order valence-electron chi connectivity index (χ0n) is 8.20. The van der Waals surface area contributed by atoms with Crippen molar-refractivity contribution in [3.8, 4) is 11.8 Å². The second kappa shape index (κ2) is 4.67. The van der Waals surface area contributed by atoms with Gasteiger partial charge in [0.2, 0.25) is 0 Å². The maximum absolute atomic E-state index is 11.4. The minimum atomic E-state index is -0.657. The van der Waals surface area contributed by atoms with Gasteiger partial charge in [-0.1, -0.05) is 11.6 Å². The van der Waals surface area contributed by atoms with Gasteiger partial charge < -0.3 is 9.47 Å². The summed E-state index contributed by atoms with van der Waals surface area (Å²) >= 11 is 5.89. The number of methoxy groups -OCH3 is 2. The zero-order chi connectivity index (χ0) is 11.4. The molecule has 0 aliphatic carbocycles. The highest BCUT2D eigenvalue weighted by molar-refractivity contribution is 6.35. The number of benzene rings is 1. The number of hydrogen-bond acceptors (Lipinski definition) is 4. The van der Waals surface area contributed by atoms with Crippen LogP contribution in [0.2, 0.25) is 5.02 Å². The molecule has 0 radical (unpaired) electrons. The minimum Gasteiger partial charge on any atom is -0.495 e. The normalized spacial score (nSPS) is 9.20. The predicted octanol–water partition coefficient (Wildman–Crippen LogP) is 2.01. The van der Waals surface area contributed by atoms with Gasteiger partial charge in [-0.05, 0) is 12.1 Å². The third-order valence-corrected chi connectivity index (χ3v) is 2.21. The molecule has 15 heavy (non-hydrogen) atoms. The molecule has 78 valence electrons. The molecular formula is C10H8ClNO3. The average Bonchev–Trinajstić information content (AvgIpc) is 2.27. The van der Waals surface area contributed by atoms with E-state index in [2.05, 4.69) is 4.74 Å². The first-order valence-electron chi connectivity index (χ1n) is 4.00. The molecule has 0 aromatic heterocycles. The lowest BCUT2D eigenvalue weighted by atomic mass is 10.1. The van der Waals surface area contributed by atoms with Crippen molar-refractivity contribution < 1.29 is 14.3 Å². The SMILES string of the molecule is COC(=O)c1c(C#N)ccc(OC)c1Cl. The van der Waals surface area contributed by atoms with E-state index in [4.69, 9.17) is 21.6 Å². The predicted molar refractivity (Wildman–Crippen MR) is 54.1 cm³/mol. The number of hydrogen-bond donors (Lipinski definition) is 0. The van der Waals surface area contributed by atoms with Crippen LogP contribution in [0, 0.1) is 11.3 Å². The number of nitriles is 1. The fourth-order valence-electron chi connectivity index (χ4n) is 1.11. The molecule has 0 heterocycles. The van der Waals surface area contributed by atoms with Gasteiger partial charge in [-0.3, -0.25) is 0 Å². The Bertz CT molecular complexity index is 437. The van der Waals surface area contributed by atoms with Crippen molar-refractivity contribution >= 4 is 17.6 Å². The van der Waals surface area contributed by atoms with E-state index in [1.165, 1.54) is 26.4 Å². The van der Waals surface area contributed by atoms with Crippen LogP contribution in [-0.2, 0) is 4.74 Å². The molecule has 0 saturated carbocycles. The van der Waals surface area contributed by atoms with Gasteiger partial charge in [0.1, 0.15) is 11.8 Å². The second-order valence-corrected chi connectivity index (χ2v) is 2.99. The molecule has 0 N–H and O–H groups in total. The highest BCUT2D eigenvalue weighted by Crippen LogP contribution is 2.30. The summed E-state index contributed by atoms with van der Waals surface area (Å²) < 4.78 is 9.46. The van der Waals surface area contributed by atoms with Gasteiger partial charge in [-0.2, -0.15) is 5.26 Å². The van der Waals surface area contributed by atoms with Crippen molar-refractivity contribution in [1.29, 1.82) is 5.26 Å². The molecule has 0 aliphatic heterocycles. The highest BCUT2D eigenvalue weighted by atomic mass is 35.5. The van der Waals surface area contributed by atoms with Gasteiger partial charge in [0, 0.05) is 0 Å². The number of rotatable bonds is 2. The first-order chi connectivity index (χ1) is 7.15. The summed E-state index contributed by atoms with van der Waals surface area (Å²) in [5.41, 5.74) is 0.189. The van der Waals surface area contributed by atoms with E-state index in [0.717, 1.165) is 0 Å². The molecule has 0 unspecified atom stereocenters. The summed E-state index contributed by atoms with van der Waals surface area (Å²) in [7, 11) is 2.65. The third kappa shape index (κ3) is 2.03. The quantitative estimate of drug-likeness (QED) is 0.723. The van der Waals surface area contributed by atoms with Gasteiger partial charge >= 0.3 is 5.97 Å². The van der Waals surface area contributed by atoms with Crippen molar-refractivity contribution in [3.05, 3.63) is 28.3 Å². The highest BCUT2D eigenvalue weighted by Gasteiger charge is 2.19. The Morgan fingerprint density at radius 3 is 2.60 bits per heavy atom. The molecule has 0 atom stereocenters. The Labute approximate surface area is 92.0 Å². The molecule has 0 bridgehead atoms. The Morgan fingerprint density at radius 1 is 1.47 bits per heavy atom. The maximum Gasteiger partial charge on any atom is 0.340 e. The zero-order valence-corrected chi connectivity index (χ0v) is 8.96. The molecule has 0 spiro atoms. The first kappa shape index (κ1) is 11.3. The van der Waals surface area contributed by atoms with Crippen LogP contribution in [0.5, 0.6) is 5.75 Å². The number of ether oxygens (including phenoxy) is 2. The summed E-state index contributed by atoms with van der Waals surface area (Å²) in [6.07, 6.45) is 0. The monoisotopic (exact) mass is 225 g/mol. The standard InChI is InChI=1S/C10H8ClNO3/c1-14-7-4-3-6(5-12)8(9(7)11)10(13)15-2/h3-4H,1-2H3. The van der Waals surface area contributed by atoms with Crippen LogP contribution in [0.15, 0.2) is 12.1 Å². The van der Waals surface area contributed by atoms with Crippen LogP contribution in [0.4, 0.5) is 0 Å². The molecule has 0 fully saturated rings. The molecule has 4 nitrogen and oxygen atoms in total. The number of halogens is 1. The number of nitrogens with zero attached hydrogens (tertiary/aromatic N) is 1. The van der Waals surface area contributed by atoms with Crippen LogP contribution < -0.4 is 4.74 Å². The largest absolute Gasteiger partial charge is 0.495 e. The Kier molecular flexibility index (Phi) is 3.53. The summed E-state index contributed by atoms with van der Waals surface area (Å²) in [5, 5.41) is 8.88. The minimum absolute atomic E-state index is 0.0287. The molecule has 5 heteroatoms. The summed E-state index contributed by atoms with van der Waals surface area (Å²) in [4.78, 5) is 11.4. The number of carbonyl (C=O) groups is 1. The Balaban J connectivity index is 3.44. The maximum atomic E-state index is 11.4. The van der Waals surface area contributed by atoms with Crippen LogP contribution in [0.1, 0.15) is 15.9 Å². The lowest BCUT2D eigenvalue weighted by molar-refractivity contribution is 0.0600. The van der Waals surface area contributed by atoms with E-state index >= 15 is 0 Å². The Hall–Kier alpha value is -1.73. The van der Waals surface area contributed by atoms with Gasteiger partial charge in [-0.15, -0.1) is 0 Å². The number of carbonyl (C=O) groups excluding carboxylic acids is 1.